The van der Waals surface area contributed by atoms with Gasteiger partial charge in [-0.3, -0.25) is 0 Å². The Morgan fingerprint density at radius 3 is 3.19 bits per heavy atom. The normalized spacial score (nSPS) is 22.9. The minimum absolute atomic E-state index is 0.579. The molecule has 0 spiro atoms. The lowest BCUT2D eigenvalue weighted by Gasteiger charge is -2.19. The van der Waals surface area contributed by atoms with E-state index in [1.165, 1.54) is 45.3 Å². The van der Waals surface area contributed by atoms with Crippen molar-refractivity contribution in [2.45, 2.75) is 38.6 Å². The summed E-state index contributed by atoms with van der Waals surface area (Å²) in [6.45, 7) is 5.96. The molecule has 1 aliphatic rings. The Bertz CT molecular complexity index is 288. The van der Waals surface area contributed by atoms with Crippen molar-refractivity contribution in [2.24, 2.45) is 0 Å². The molecule has 4 nitrogen and oxygen atoms in total. The van der Waals surface area contributed by atoms with Crippen molar-refractivity contribution in [1.82, 2.24) is 15.1 Å². The summed E-state index contributed by atoms with van der Waals surface area (Å²) in [5.41, 5.74) is 1.78. The van der Waals surface area contributed by atoms with Crippen molar-refractivity contribution >= 4 is 16.5 Å². The summed E-state index contributed by atoms with van der Waals surface area (Å²) < 4.78 is 0. The molecule has 1 fully saturated rings. The van der Waals surface area contributed by atoms with E-state index in [1.54, 1.807) is 16.8 Å². The molecule has 0 bridgehead atoms. The third-order valence-corrected chi connectivity index (χ3v) is 3.67. The first-order valence-corrected chi connectivity index (χ1v) is 7.01. The maximum absolute atomic E-state index is 4.04. The fraction of sp³-hybridized carbons (Fsp3) is 0.818. The number of nitrogens with one attached hydrogen (secondary N) is 1. The Hall–Kier alpha value is -0.680. The predicted molar refractivity (Wildman–Crippen MR) is 67.9 cm³/mol. The van der Waals surface area contributed by atoms with E-state index in [-0.39, 0.29) is 0 Å². The highest BCUT2D eigenvalue weighted by molar-refractivity contribution is 7.13. The zero-order chi connectivity index (χ0) is 11.2. The molecule has 0 saturated carbocycles. The summed E-state index contributed by atoms with van der Waals surface area (Å²) in [6, 6.07) is 0.579. The topological polar surface area (TPSA) is 41.0 Å². The van der Waals surface area contributed by atoms with Gasteiger partial charge in [-0.25, -0.2) is 0 Å². The molecule has 16 heavy (non-hydrogen) atoms. The second kappa shape index (κ2) is 6.15. The van der Waals surface area contributed by atoms with E-state index in [0.717, 1.165) is 5.13 Å². The van der Waals surface area contributed by atoms with E-state index >= 15 is 0 Å². The molecular formula is C11H20N4S. The zero-order valence-electron chi connectivity index (χ0n) is 9.85. The van der Waals surface area contributed by atoms with Crippen LogP contribution in [-0.2, 0) is 0 Å². The molecule has 1 saturated heterocycles. The first-order valence-electron chi connectivity index (χ1n) is 6.13. The lowest BCUT2D eigenvalue weighted by atomic mass is 10.1. The second-order valence-corrected chi connectivity index (χ2v) is 5.19. The number of likely N-dealkylation sites (tertiary alicyclic amines) is 1. The Labute approximate surface area is 101 Å². The molecule has 2 rings (SSSR count). The summed E-state index contributed by atoms with van der Waals surface area (Å²) in [7, 11) is 0. The number of rotatable bonds is 4. The van der Waals surface area contributed by atoms with Crippen molar-refractivity contribution in [3.63, 3.8) is 0 Å². The van der Waals surface area contributed by atoms with Gasteiger partial charge in [0.25, 0.3) is 0 Å². The Morgan fingerprint density at radius 1 is 1.50 bits per heavy atom. The van der Waals surface area contributed by atoms with Crippen molar-refractivity contribution < 1.29 is 0 Å². The Kier molecular flexibility index (Phi) is 4.54. The molecule has 1 aromatic rings. The SMILES string of the molecule is CCCN1CCCC(Nc2nncs2)CC1. The minimum atomic E-state index is 0.579. The van der Waals surface area contributed by atoms with Gasteiger partial charge in [0.2, 0.25) is 5.13 Å². The highest BCUT2D eigenvalue weighted by Gasteiger charge is 2.16. The maximum atomic E-state index is 4.04. The molecule has 1 atom stereocenters. The van der Waals surface area contributed by atoms with Gasteiger partial charge >= 0.3 is 0 Å². The molecule has 1 unspecified atom stereocenters. The fourth-order valence-corrected chi connectivity index (χ4v) is 2.77. The molecule has 90 valence electrons. The molecule has 5 heteroatoms. The molecule has 1 aliphatic heterocycles. The maximum Gasteiger partial charge on any atom is 0.205 e. The van der Waals surface area contributed by atoms with E-state index in [2.05, 4.69) is 27.3 Å². The van der Waals surface area contributed by atoms with Gasteiger partial charge in [-0.15, -0.1) is 10.2 Å². The summed E-state index contributed by atoms with van der Waals surface area (Å²) >= 11 is 1.59. The van der Waals surface area contributed by atoms with E-state index < -0.39 is 0 Å². The molecule has 0 amide bonds. The van der Waals surface area contributed by atoms with Gasteiger partial charge in [0.15, 0.2) is 0 Å². The van der Waals surface area contributed by atoms with Crippen LogP contribution in [0.4, 0.5) is 5.13 Å². The third-order valence-electron chi connectivity index (χ3n) is 3.05. The van der Waals surface area contributed by atoms with Crippen molar-refractivity contribution in [3.8, 4) is 0 Å². The summed E-state index contributed by atoms with van der Waals surface area (Å²) in [4.78, 5) is 2.57. The molecule has 1 aromatic heterocycles. The number of hydrogen-bond acceptors (Lipinski definition) is 5. The molecular weight excluding hydrogens is 220 g/mol. The lowest BCUT2D eigenvalue weighted by Crippen LogP contribution is -2.27. The standard InChI is InChI=1S/C11H20N4S/c1-2-6-15-7-3-4-10(5-8-15)13-11-14-12-9-16-11/h9-10H,2-8H2,1H3,(H,13,14). The van der Waals surface area contributed by atoms with Crippen LogP contribution in [0.25, 0.3) is 0 Å². The second-order valence-electron chi connectivity index (χ2n) is 4.36. The highest BCUT2D eigenvalue weighted by atomic mass is 32.1. The average molecular weight is 240 g/mol. The largest absolute Gasteiger partial charge is 0.357 e. The molecule has 0 aromatic carbocycles. The van der Waals surface area contributed by atoms with Gasteiger partial charge in [-0.05, 0) is 38.8 Å². The summed E-state index contributed by atoms with van der Waals surface area (Å²) in [5, 5.41) is 12.3. The summed E-state index contributed by atoms with van der Waals surface area (Å²) in [5.74, 6) is 0. The van der Waals surface area contributed by atoms with Gasteiger partial charge in [0, 0.05) is 12.6 Å². The fourth-order valence-electron chi connectivity index (χ4n) is 2.25. The average Bonchev–Trinajstić information content (AvgIpc) is 2.68. The van der Waals surface area contributed by atoms with Gasteiger partial charge in [-0.1, -0.05) is 18.3 Å². The summed E-state index contributed by atoms with van der Waals surface area (Å²) in [6.07, 6.45) is 5.02. The number of nitrogens with zero attached hydrogens (tertiary/aromatic N) is 3. The Morgan fingerprint density at radius 2 is 2.44 bits per heavy atom. The van der Waals surface area contributed by atoms with Crippen LogP contribution >= 0.6 is 11.3 Å². The highest BCUT2D eigenvalue weighted by Crippen LogP contribution is 2.17. The zero-order valence-corrected chi connectivity index (χ0v) is 10.7. The number of anilines is 1. The van der Waals surface area contributed by atoms with Gasteiger partial charge in [-0.2, -0.15) is 0 Å². The molecule has 0 aliphatic carbocycles. The molecule has 2 heterocycles. The van der Waals surface area contributed by atoms with Crippen LogP contribution in [0.1, 0.15) is 32.6 Å². The van der Waals surface area contributed by atoms with Crippen LogP contribution in [0, 0.1) is 0 Å². The lowest BCUT2D eigenvalue weighted by molar-refractivity contribution is 0.285. The Balaban J connectivity index is 1.80. The van der Waals surface area contributed by atoms with E-state index in [4.69, 9.17) is 0 Å². The number of hydrogen-bond donors (Lipinski definition) is 1. The smallest absolute Gasteiger partial charge is 0.205 e. The first-order chi connectivity index (χ1) is 7.88. The predicted octanol–water partition coefficient (Wildman–Crippen LogP) is 2.21. The third kappa shape index (κ3) is 3.42. The van der Waals surface area contributed by atoms with Crippen LogP contribution in [0.2, 0.25) is 0 Å². The van der Waals surface area contributed by atoms with Gasteiger partial charge in [0.05, 0.1) is 0 Å². The number of aromatic nitrogens is 2. The van der Waals surface area contributed by atoms with Crippen molar-refractivity contribution in [3.05, 3.63) is 5.51 Å². The molecule has 0 radical (unpaired) electrons. The van der Waals surface area contributed by atoms with E-state index in [0.29, 0.717) is 6.04 Å². The van der Waals surface area contributed by atoms with Crippen LogP contribution in [0.3, 0.4) is 0 Å². The monoisotopic (exact) mass is 240 g/mol. The van der Waals surface area contributed by atoms with Crippen molar-refractivity contribution in [2.75, 3.05) is 25.0 Å². The van der Waals surface area contributed by atoms with Gasteiger partial charge < -0.3 is 10.2 Å². The minimum Gasteiger partial charge on any atom is -0.357 e. The van der Waals surface area contributed by atoms with Crippen LogP contribution in [0.5, 0.6) is 0 Å². The van der Waals surface area contributed by atoms with Crippen molar-refractivity contribution in [1.29, 1.82) is 0 Å². The quantitative estimate of drug-likeness (QED) is 0.876. The van der Waals surface area contributed by atoms with Crippen LogP contribution in [-0.4, -0.2) is 40.8 Å². The van der Waals surface area contributed by atoms with E-state index in [1.807, 2.05) is 0 Å². The van der Waals surface area contributed by atoms with E-state index in [9.17, 15) is 0 Å². The van der Waals surface area contributed by atoms with Crippen LogP contribution < -0.4 is 5.32 Å². The first kappa shape index (κ1) is 11.8. The van der Waals surface area contributed by atoms with Gasteiger partial charge in [0.1, 0.15) is 5.51 Å². The van der Waals surface area contributed by atoms with Crippen LogP contribution in [0.15, 0.2) is 5.51 Å². The molecule has 1 N–H and O–H groups in total.